The van der Waals surface area contributed by atoms with E-state index in [1.807, 2.05) is 0 Å². The van der Waals surface area contributed by atoms with Crippen LogP contribution in [-0.4, -0.2) is 35.6 Å². The molecule has 1 aliphatic rings. The topological polar surface area (TPSA) is 40.5 Å². The van der Waals surface area contributed by atoms with Gasteiger partial charge in [0.15, 0.2) is 0 Å². The first-order valence-electron chi connectivity index (χ1n) is 5.94. The smallest absolute Gasteiger partial charge is 0.304 e. The summed E-state index contributed by atoms with van der Waals surface area (Å²) in [6.45, 7) is 5.25. The molecule has 1 aliphatic carbocycles. The molecule has 0 aromatic heterocycles. The Kier molecular flexibility index (Phi) is 4.58. The number of hydrogen-bond donors (Lipinski definition) is 1. The average molecular weight is 213 g/mol. The Hall–Kier alpha value is -0.570. The first-order chi connectivity index (χ1) is 7.02. The minimum Gasteiger partial charge on any atom is -0.481 e. The van der Waals surface area contributed by atoms with Gasteiger partial charge in [-0.25, -0.2) is 0 Å². The summed E-state index contributed by atoms with van der Waals surface area (Å²) < 4.78 is 0. The van der Waals surface area contributed by atoms with Gasteiger partial charge in [-0.2, -0.15) is 0 Å². The summed E-state index contributed by atoms with van der Waals surface area (Å²) in [5.74, 6) is 0.707. The van der Waals surface area contributed by atoms with E-state index in [1.165, 1.54) is 19.3 Å². The summed E-state index contributed by atoms with van der Waals surface area (Å²) in [6.07, 6.45) is 4.15. The van der Waals surface area contributed by atoms with E-state index in [0.29, 0.717) is 24.4 Å². The second kappa shape index (κ2) is 5.50. The molecule has 0 aromatic rings. The SMILES string of the molecule is CC1CCCC(C)C1N(C)CCC(=O)O. The number of aliphatic carboxylic acids is 1. The molecule has 1 N–H and O–H groups in total. The van der Waals surface area contributed by atoms with Crippen LogP contribution in [0, 0.1) is 11.8 Å². The lowest BCUT2D eigenvalue weighted by Crippen LogP contribution is -2.44. The normalized spacial score (nSPS) is 31.9. The molecule has 2 atom stereocenters. The van der Waals surface area contributed by atoms with Gasteiger partial charge in [-0.1, -0.05) is 20.3 Å². The molecule has 3 nitrogen and oxygen atoms in total. The van der Waals surface area contributed by atoms with E-state index < -0.39 is 5.97 Å². The fourth-order valence-electron chi connectivity index (χ4n) is 2.95. The van der Waals surface area contributed by atoms with Gasteiger partial charge in [-0.3, -0.25) is 4.79 Å². The van der Waals surface area contributed by atoms with Crippen molar-refractivity contribution in [3.05, 3.63) is 0 Å². The van der Waals surface area contributed by atoms with Crippen LogP contribution >= 0.6 is 0 Å². The standard InChI is InChI=1S/C12H23NO2/c1-9-5-4-6-10(2)12(9)13(3)8-7-11(14)15/h9-10,12H,4-8H2,1-3H3,(H,14,15). The van der Waals surface area contributed by atoms with Gasteiger partial charge < -0.3 is 10.0 Å². The van der Waals surface area contributed by atoms with Crippen LogP contribution in [-0.2, 0) is 4.79 Å². The first kappa shape index (κ1) is 12.5. The molecule has 1 saturated carbocycles. The van der Waals surface area contributed by atoms with E-state index in [0.717, 1.165) is 0 Å². The van der Waals surface area contributed by atoms with Crippen molar-refractivity contribution in [2.24, 2.45) is 11.8 Å². The van der Waals surface area contributed by atoms with Gasteiger partial charge in [0.2, 0.25) is 0 Å². The van der Waals surface area contributed by atoms with E-state index >= 15 is 0 Å². The highest BCUT2D eigenvalue weighted by molar-refractivity contribution is 5.66. The summed E-state index contributed by atoms with van der Waals surface area (Å²) >= 11 is 0. The van der Waals surface area contributed by atoms with Crippen molar-refractivity contribution < 1.29 is 9.90 Å². The molecule has 1 rings (SSSR count). The second-order valence-corrected chi connectivity index (χ2v) is 5.00. The van der Waals surface area contributed by atoms with Crippen LogP contribution in [0.2, 0.25) is 0 Å². The Balaban J connectivity index is 2.47. The molecule has 0 aromatic carbocycles. The van der Waals surface area contributed by atoms with Crippen LogP contribution < -0.4 is 0 Å². The molecule has 88 valence electrons. The van der Waals surface area contributed by atoms with Crippen molar-refractivity contribution in [1.29, 1.82) is 0 Å². The molecule has 2 unspecified atom stereocenters. The lowest BCUT2D eigenvalue weighted by Gasteiger charge is -2.40. The van der Waals surface area contributed by atoms with E-state index in [2.05, 4.69) is 25.8 Å². The summed E-state index contributed by atoms with van der Waals surface area (Å²) in [5.41, 5.74) is 0. The third-order valence-electron chi connectivity index (χ3n) is 3.67. The number of carboxylic acid groups (broad SMARTS) is 1. The molecule has 0 heterocycles. The maximum absolute atomic E-state index is 10.5. The molecular weight excluding hydrogens is 190 g/mol. The molecule has 3 heteroatoms. The van der Waals surface area contributed by atoms with Gasteiger partial charge in [-0.15, -0.1) is 0 Å². The van der Waals surface area contributed by atoms with Gasteiger partial charge in [0.1, 0.15) is 0 Å². The van der Waals surface area contributed by atoms with Crippen LogP contribution in [0.4, 0.5) is 0 Å². The quantitative estimate of drug-likeness (QED) is 0.778. The van der Waals surface area contributed by atoms with E-state index in [1.54, 1.807) is 0 Å². The molecule has 1 fully saturated rings. The van der Waals surface area contributed by atoms with Gasteiger partial charge in [-0.05, 0) is 31.7 Å². The lowest BCUT2D eigenvalue weighted by atomic mass is 9.78. The zero-order valence-electron chi connectivity index (χ0n) is 10.1. The molecule has 0 radical (unpaired) electrons. The van der Waals surface area contributed by atoms with E-state index in [4.69, 9.17) is 5.11 Å². The van der Waals surface area contributed by atoms with Crippen molar-refractivity contribution in [3.8, 4) is 0 Å². The fourth-order valence-corrected chi connectivity index (χ4v) is 2.95. The monoisotopic (exact) mass is 213 g/mol. The summed E-state index contributed by atoms with van der Waals surface area (Å²) in [5, 5.41) is 8.67. The molecule has 0 bridgehead atoms. The highest BCUT2D eigenvalue weighted by Crippen LogP contribution is 2.31. The Labute approximate surface area is 92.5 Å². The molecular formula is C12H23NO2. The van der Waals surface area contributed by atoms with Crippen molar-refractivity contribution in [1.82, 2.24) is 4.90 Å². The van der Waals surface area contributed by atoms with Crippen LogP contribution in [0.25, 0.3) is 0 Å². The Morgan fingerprint density at radius 3 is 2.33 bits per heavy atom. The Bertz CT molecular complexity index is 208. The van der Waals surface area contributed by atoms with Crippen LogP contribution in [0.15, 0.2) is 0 Å². The zero-order valence-corrected chi connectivity index (χ0v) is 10.1. The van der Waals surface area contributed by atoms with Gasteiger partial charge >= 0.3 is 5.97 Å². The summed E-state index contributed by atoms with van der Waals surface area (Å²) in [4.78, 5) is 12.8. The molecule has 0 aliphatic heterocycles. The number of hydrogen-bond acceptors (Lipinski definition) is 2. The third-order valence-corrected chi connectivity index (χ3v) is 3.67. The van der Waals surface area contributed by atoms with Crippen molar-refractivity contribution in [3.63, 3.8) is 0 Å². The van der Waals surface area contributed by atoms with Gasteiger partial charge in [0.05, 0.1) is 6.42 Å². The Morgan fingerprint density at radius 2 is 1.87 bits per heavy atom. The number of nitrogens with zero attached hydrogens (tertiary/aromatic N) is 1. The summed E-state index contributed by atoms with van der Waals surface area (Å²) in [6, 6.07) is 0.568. The fraction of sp³-hybridized carbons (Fsp3) is 0.917. The maximum Gasteiger partial charge on any atom is 0.304 e. The predicted molar refractivity (Wildman–Crippen MR) is 60.8 cm³/mol. The first-order valence-corrected chi connectivity index (χ1v) is 5.94. The van der Waals surface area contributed by atoms with Crippen molar-refractivity contribution >= 4 is 5.97 Å². The molecule has 0 saturated heterocycles. The molecule has 0 amide bonds. The zero-order chi connectivity index (χ0) is 11.4. The van der Waals surface area contributed by atoms with Crippen LogP contribution in [0.3, 0.4) is 0 Å². The van der Waals surface area contributed by atoms with Crippen molar-refractivity contribution in [2.75, 3.05) is 13.6 Å². The highest BCUT2D eigenvalue weighted by atomic mass is 16.4. The third kappa shape index (κ3) is 3.49. The maximum atomic E-state index is 10.5. The average Bonchev–Trinajstić information content (AvgIpc) is 2.14. The van der Waals surface area contributed by atoms with Gasteiger partial charge in [0, 0.05) is 12.6 Å². The van der Waals surface area contributed by atoms with Crippen LogP contribution in [0.1, 0.15) is 39.5 Å². The number of carboxylic acids is 1. The van der Waals surface area contributed by atoms with E-state index in [9.17, 15) is 4.79 Å². The Morgan fingerprint density at radius 1 is 1.33 bits per heavy atom. The van der Waals surface area contributed by atoms with E-state index in [-0.39, 0.29) is 6.42 Å². The minimum absolute atomic E-state index is 0.256. The second-order valence-electron chi connectivity index (χ2n) is 5.00. The molecule has 0 spiro atoms. The number of carbonyl (C=O) groups is 1. The lowest BCUT2D eigenvalue weighted by molar-refractivity contribution is -0.137. The van der Waals surface area contributed by atoms with Gasteiger partial charge in [0.25, 0.3) is 0 Å². The predicted octanol–water partition coefficient (Wildman–Crippen LogP) is 2.22. The molecule has 15 heavy (non-hydrogen) atoms. The van der Waals surface area contributed by atoms with Crippen LogP contribution in [0.5, 0.6) is 0 Å². The van der Waals surface area contributed by atoms with Crippen molar-refractivity contribution in [2.45, 2.75) is 45.6 Å². The summed E-state index contributed by atoms with van der Waals surface area (Å²) in [7, 11) is 2.06. The largest absolute Gasteiger partial charge is 0.481 e. The minimum atomic E-state index is -0.696. The number of rotatable bonds is 4. The highest BCUT2D eigenvalue weighted by Gasteiger charge is 2.30.